The van der Waals surface area contributed by atoms with Gasteiger partial charge in [0, 0.05) is 54.9 Å². The Morgan fingerprint density at radius 2 is 1.93 bits per heavy atom. The number of thiophene rings is 1. The summed E-state index contributed by atoms with van der Waals surface area (Å²) in [5.41, 5.74) is 2.03. The van der Waals surface area contributed by atoms with Gasteiger partial charge in [-0.25, -0.2) is 9.97 Å². The van der Waals surface area contributed by atoms with Crippen LogP contribution in [0.2, 0.25) is 0 Å². The largest absolute Gasteiger partial charge is 0.352 e. The van der Waals surface area contributed by atoms with Crippen LogP contribution >= 0.6 is 11.3 Å². The van der Waals surface area contributed by atoms with E-state index in [1.807, 2.05) is 24.8 Å². The summed E-state index contributed by atoms with van der Waals surface area (Å²) in [6, 6.07) is 2.35. The van der Waals surface area contributed by atoms with Crippen LogP contribution < -0.4 is 20.9 Å². The summed E-state index contributed by atoms with van der Waals surface area (Å²) in [6.07, 6.45) is 16.8. The molecular weight excluding hydrogens is 562 g/mol. The number of carbonyl (C=O) groups excluding carboxylic acids is 2. The highest BCUT2D eigenvalue weighted by molar-refractivity contribution is 7.17. The van der Waals surface area contributed by atoms with Gasteiger partial charge < -0.3 is 20.9 Å². The molecule has 4 aliphatic carbocycles. The van der Waals surface area contributed by atoms with Crippen molar-refractivity contribution in [2.24, 2.45) is 17.3 Å². The lowest BCUT2D eigenvalue weighted by Crippen LogP contribution is -2.29. The molecule has 1 saturated heterocycles. The number of aryl methyl sites for hydroxylation is 1. The van der Waals surface area contributed by atoms with Crippen LogP contribution in [0.3, 0.4) is 0 Å². The number of nitrogens with one attached hydrogen (secondary N) is 3. The summed E-state index contributed by atoms with van der Waals surface area (Å²) in [4.78, 5) is 38.7. The van der Waals surface area contributed by atoms with E-state index in [-0.39, 0.29) is 29.2 Å². The van der Waals surface area contributed by atoms with Crippen LogP contribution in [-0.4, -0.2) is 62.2 Å². The Labute approximate surface area is 255 Å². The molecule has 3 N–H and O–H groups in total. The third kappa shape index (κ3) is 5.49. The van der Waals surface area contributed by atoms with Crippen LogP contribution in [0.15, 0.2) is 24.8 Å². The van der Waals surface area contributed by atoms with Gasteiger partial charge in [0.05, 0.1) is 5.56 Å². The lowest BCUT2D eigenvalue weighted by molar-refractivity contribution is -0.117. The summed E-state index contributed by atoms with van der Waals surface area (Å²) in [5, 5.41) is 19.6. The second kappa shape index (κ2) is 10.9. The molecule has 3 atom stereocenters. The van der Waals surface area contributed by atoms with Crippen molar-refractivity contribution in [3.8, 4) is 0 Å². The first-order valence-corrected chi connectivity index (χ1v) is 16.8. The van der Waals surface area contributed by atoms with Gasteiger partial charge in [0.25, 0.3) is 5.91 Å². The fraction of sp³-hybridized carbons (Fsp3) is 0.613. The molecule has 2 amide bonds. The van der Waals surface area contributed by atoms with E-state index in [1.165, 1.54) is 24.1 Å². The SMILES string of the molecule is O=C(NCC1CC1)c1c(NC(=O)C2CC2)sc2c1C[C@@H](n1cnnc1NC1CCC3(CCN(c4ncccn4)C3)C1)CC2. The first kappa shape index (κ1) is 27.0. The molecule has 3 saturated carbocycles. The van der Waals surface area contributed by atoms with Gasteiger partial charge in [-0.3, -0.25) is 14.2 Å². The molecule has 1 spiro atoms. The molecule has 5 aliphatic rings. The smallest absolute Gasteiger partial charge is 0.254 e. The molecule has 11 nitrogen and oxygen atoms in total. The Kier molecular flexibility index (Phi) is 6.84. The molecule has 8 rings (SSSR count). The first-order valence-electron chi connectivity index (χ1n) is 16.0. The zero-order valence-electron chi connectivity index (χ0n) is 24.4. The highest BCUT2D eigenvalue weighted by atomic mass is 32.1. The molecule has 43 heavy (non-hydrogen) atoms. The average Bonchev–Trinajstić information content (AvgIpc) is 3.88. The zero-order valence-corrected chi connectivity index (χ0v) is 25.2. The number of fused-ring (bicyclic) bond motifs is 1. The molecule has 0 aromatic carbocycles. The van der Waals surface area contributed by atoms with Crippen molar-refractivity contribution >= 4 is 40.0 Å². The standard InChI is InChI=1S/C31H39N9O2S/c41-26(20-4-5-20)37-28-25(27(42)34-16-19-2-3-19)23-14-22(6-7-24(23)43-28)40-18-35-38-30(40)36-21-8-9-31(15-21)10-13-39(17-31)29-32-11-1-12-33-29/h1,11-12,18-22H,2-10,13-17H2,(H,34,42)(H,36,38)(H,37,41)/t21?,22-,31?/m0/s1. The van der Waals surface area contributed by atoms with E-state index in [9.17, 15) is 9.59 Å². The first-order chi connectivity index (χ1) is 21.0. The molecule has 1 aliphatic heterocycles. The molecule has 4 fully saturated rings. The maximum absolute atomic E-state index is 13.5. The fourth-order valence-corrected chi connectivity index (χ4v) is 8.64. The van der Waals surface area contributed by atoms with Gasteiger partial charge in [0.1, 0.15) is 11.3 Å². The van der Waals surface area contributed by atoms with Crippen molar-refractivity contribution in [2.45, 2.75) is 82.7 Å². The van der Waals surface area contributed by atoms with Crippen molar-refractivity contribution in [2.75, 3.05) is 35.2 Å². The van der Waals surface area contributed by atoms with Gasteiger partial charge in [-0.1, -0.05) is 0 Å². The Morgan fingerprint density at radius 1 is 1.07 bits per heavy atom. The number of nitrogens with zero attached hydrogens (tertiary/aromatic N) is 6. The maximum atomic E-state index is 13.5. The Balaban J connectivity index is 0.970. The van der Waals surface area contributed by atoms with Crippen LogP contribution in [0.5, 0.6) is 0 Å². The van der Waals surface area contributed by atoms with Crippen LogP contribution in [0.25, 0.3) is 0 Å². The average molecular weight is 602 g/mol. The molecule has 0 radical (unpaired) electrons. The zero-order chi connectivity index (χ0) is 29.0. The highest BCUT2D eigenvalue weighted by Gasteiger charge is 2.45. The minimum Gasteiger partial charge on any atom is -0.352 e. The van der Waals surface area contributed by atoms with E-state index in [4.69, 9.17) is 0 Å². The number of carbonyl (C=O) groups is 2. The lowest BCUT2D eigenvalue weighted by atomic mass is 9.85. The molecule has 12 heteroatoms. The Hall–Kier alpha value is -3.54. The van der Waals surface area contributed by atoms with Crippen LogP contribution in [0.1, 0.15) is 84.6 Å². The molecule has 2 unspecified atom stereocenters. The molecule has 226 valence electrons. The molecule has 3 aromatic heterocycles. The number of anilines is 3. The molecule has 0 bridgehead atoms. The van der Waals surface area contributed by atoms with E-state index >= 15 is 0 Å². The summed E-state index contributed by atoms with van der Waals surface area (Å²) < 4.78 is 2.18. The Bertz CT molecular complexity index is 1510. The predicted molar refractivity (Wildman–Crippen MR) is 164 cm³/mol. The summed E-state index contributed by atoms with van der Waals surface area (Å²) in [5.74, 6) is 2.32. The summed E-state index contributed by atoms with van der Waals surface area (Å²) in [6.45, 7) is 2.70. The number of hydrogen-bond donors (Lipinski definition) is 3. The quantitative estimate of drug-likeness (QED) is 0.333. The lowest BCUT2D eigenvalue weighted by Gasteiger charge is -2.27. The van der Waals surface area contributed by atoms with Crippen molar-refractivity contribution in [1.82, 2.24) is 30.0 Å². The van der Waals surface area contributed by atoms with Crippen molar-refractivity contribution in [1.29, 1.82) is 0 Å². The van der Waals surface area contributed by atoms with E-state index < -0.39 is 0 Å². The van der Waals surface area contributed by atoms with Gasteiger partial charge in [-0.05, 0) is 93.6 Å². The number of amides is 2. The van der Waals surface area contributed by atoms with E-state index in [2.05, 4.69) is 45.6 Å². The van der Waals surface area contributed by atoms with Crippen LogP contribution in [-0.2, 0) is 17.6 Å². The highest BCUT2D eigenvalue weighted by Crippen LogP contribution is 2.47. The number of rotatable bonds is 9. The van der Waals surface area contributed by atoms with E-state index in [1.54, 1.807) is 11.3 Å². The van der Waals surface area contributed by atoms with Crippen molar-refractivity contribution < 1.29 is 9.59 Å². The van der Waals surface area contributed by atoms with Crippen molar-refractivity contribution in [3.63, 3.8) is 0 Å². The maximum Gasteiger partial charge on any atom is 0.254 e. The third-order valence-corrected chi connectivity index (χ3v) is 11.4. The topological polar surface area (TPSA) is 130 Å². The van der Waals surface area contributed by atoms with Gasteiger partial charge in [0.15, 0.2) is 0 Å². The van der Waals surface area contributed by atoms with Gasteiger partial charge >= 0.3 is 0 Å². The number of hydrogen-bond acceptors (Lipinski definition) is 9. The Morgan fingerprint density at radius 3 is 2.74 bits per heavy atom. The minimum absolute atomic E-state index is 0.0488. The predicted octanol–water partition coefficient (Wildman–Crippen LogP) is 4.21. The molecule has 4 heterocycles. The van der Waals surface area contributed by atoms with Crippen LogP contribution in [0, 0.1) is 17.3 Å². The monoisotopic (exact) mass is 601 g/mol. The van der Waals surface area contributed by atoms with Gasteiger partial charge in [-0.2, -0.15) is 0 Å². The molecule has 3 aromatic rings. The van der Waals surface area contributed by atoms with Crippen LogP contribution in [0.4, 0.5) is 16.9 Å². The second-order valence-electron chi connectivity index (χ2n) is 13.4. The normalized spacial score (nSPS) is 26.5. The van der Waals surface area contributed by atoms with Gasteiger partial charge in [0.2, 0.25) is 17.8 Å². The van der Waals surface area contributed by atoms with Gasteiger partial charge in [-0.15, -0.1) is 21.5 Å². The summed E-state index contributed by atoms with van der Waals surface area (Å²) in [7, 11) is 0. The third-order valence-electron chi connectivity index (χ3n) is 10.2. The second-order valence-corrected chi connectivity index (χ2v) is 14.5. The number of aromatic nitrogens is 5. The molecular formula is C31H39N9O2S. The van der Waals surface area contributed by atoms with E-state index in [0.29, 0.717) is 24.1 Å². The van der Waals surface area contributed by atoms with E-state index in [0.717, 1.165) is 86.9 Å². The summed E-state index contributed by atoms with van der Waals surface area (Å²) >= 11 is 1.59. The van der Waals surface area contributed by atoms with Crippen molar-refractivity contribution in [3.05, 3.63) is 40.8 Å². The minimum atomic E-state index is -0.0546. The fourth-order valence-electron chi connectivity index (χ4n) is 7.40.